The van der Waals surface area contributed by atoms with Gasteiger partial charge < -0.3 is 14.8 Å². The van der Waals surface area contributed by atoms with Crippen molar-refractivity contribution in [3.63, 3.8) is 0 Å². The van der Waals surface area contributed by atoms with Gasteiger partial charge in [0, 0.05) is 25.6 Å². The van der Waals surface area contributed by atoms with Gasteiger partial charge in [0.25, 0.3) is 0 Å². The van der Waals surface area contributed by atoms with Crippen LogP contribution in [0.4, 0.5) is 11.1 Å². The maximum atomic E-state index is 12.5. The molecule has 1 saturated heterocycles. The molecule has 8 heteroatoms. The molecule has 136 valence electrons. The minimum absolute atomic E-state index is 0.00918. The van der Waals surface area contributed by atoms with Gasteiger partial charge in [-0.15, -0.1) is 10.2 Å². The molecule has 2 aromatic heterocycles. The van der Waals surface area contributed by atoms with E-state index in [1.54, 1.807) is 0 Å². The third kappa shape index (κ3) is 3.16. The summed E-state index contributed by atoms with van der Waals surface area (Å²) in [6.45, 7) is 6.56. The maximum Gasteiger partial charge on any atom is 0.229 e. The number of para-hydroxylation sites is 2. The van der Waals surface area contributed by atoms with Crippen molar-refractivity contribution in [2.45, 2.75) is 33.2 Å². The second-order valence-corrected chi connectivity index (χ2v) is 7.70. The van der Waals surface area contributed by atoms with Crippen molar-refractivity contribution < 1.29 is 4.79 Å². The predicted molar refractivity (Wildman–Crippen MR) is 104 cm³/mol. The summed E-state index contributed by atoms with van der Waals surface area (Å²) in [5.41, 5.74) is 2.19. The number of piperidine rings is 1. The molecule has 1 N–H and O–H groups in total. The molecule has 0 atom stereocenters. The van der Waals surface area contributed by atoms with Gasteiger partial charge in [-0.05, 0) is 38.8 Å². The number of rotatable bonds is 4. The predicted octanol–water partition coefficient (Wildman–Crippen LogP) is 3.07. The van der Waals surface area contributed by atoms with Gasteiger partial charge in [-0.1, -0.05) is 23.5 Å². The van der Waals surface area contributed by atoms with Crippen LogP contribution in [0.1, 0.15) is 24.8 Å². The number of aromatic nitrogens is 4. The Morgan fingerprint density at radius 3 is 2.73 bits per heavy atom. The van der Waals surface area contributed by atoms with Crippen LogP contribution >= 0.6 is 11.3 Å². The first-order chi connectivity index (χ1) is 12.7. The molecule has 1 aromatic carbocycles. The Kier molecular flexibility index (Phi) is 4.58. The summed E-state index contributed by atoms with van der Waals surface area (Å²) < 4.78 is 2.25. The molecule has 7 nitrogen and oxygen atoms in total. The number of aryl methyl sites for hydroxylation is 2. The smallest absolute Gasteiger partial charge is 0.229 e. The van der Waals surface area contributed by atoms with E-state index in [1.165, 1.54) is 11.3 Å². The summed E-state index contributed by atoms with van der Waals surface area (Å²) in [7, 11) is 0. The van der Waals surface area contributed by atoms with Crippen molar-refractivity contribution in [1.82, 2.24) is 19.7 Å². The first-order valence-electron chi connectivity index (χ1n) is 8.97. The zero-order valence-electron chi connectivity index (χ0n) is 15.0. The molecule has 1 aliphatic heterocycles. The van der Waals surface area contributed by atoms with E-state index in [2.05, 4.69) is 44.0 Å². The van der Waals surface area contributed by atoms with Crippen molar-refractivity contribution in [3.8, 4) is 0 Å². The topological polar surface area (TPSA) is 75.9 Å². The van der Waals surface area contributed by atoms with Crippen molar-refractivity contribution in [1.29, 1.82) is 0 Å². The second-order valence-electron chi connectivity index (χ2n) is 6.52. The molecule has 0 saturated carbocycles. The first kappa shape index (κ1) is 17.0. The summed E-state index contributed by atoms with van der Waals surface area (Å²) in [6.07, 6.45) is 1.63. The van der Waals surface area contributed by atoms with Crippen molar-refractivity contribution in [2.24, 2.45) is 5.92 Å². The monoisotopic (exact) mass is 370 g/mol. The van der Waals surface area contributed by atoms with Crippen LogP contribution in [-0.4, -0.2) is 38.7 Å². The molecular weight excluding hydrogens is 348 g/mol. The third-order valence-corrected chi connectivity index (χ3v) is 5.61. The second kappa shape index (κ2) is 7.03. The third-order valence-electron chi connectivity index (χ3n) is 4.86. The first-order valence-corrected chi connectivity index (χ1v) is 9.78. The molecule has 26 heavy (non-hydrogen) atoms. The number of imidazole rings is 1. The van der Waals surface area contributed by atoms with E-state index < -0.39 is 0 Å². The lowest BCUT2D eigenvalue weighted by Crippen LogP contribution is -2.39. The van der Waals surface area contributed by atoms with E-state index in [0.717, 1.165) is 54.5 Å². The molecule has 0 unspecified atom stereocenters. The summed E-state index contributed by atoms with van der Waals surface area (Å²) in [6, 6.07) is 8.23. The number of nitrogens with zero attached hydrogens (tertiary/aromatic N) is 5. The lowest BCUT2D eigenvalue weighted by atomic mass is 9.96. The van der Waals surface area contributed by atoms with Gasteiger partial charge in [0.1, 0.15) is 5.01 Å². The molecule has 0 spiro atoms. The van der Waals surface area contributed by atoms with Crippen LogP contribution in [0.5, 0.6) is 0 Å². The lowest BCUT2D eigenvalue weighted by Gasteiger charge is -2.32. The fourth-order valence-corrected chi connectivity index (χ4v) is 4.11. The van der Waals surface area contributed by atoms with Gasteiger partial charge in [0.2, 0.25) is 17.0 Å². The van der Waals surface area contributed by atoms with Gasteiger partial charge in [0.15, 0.2) is 0 Å². The molecule has 0 radical (unpaired) electrons. The molecular formula is C18H22N6OS. The largest absolute Gasteiger partial charge is 0.342 e. The minimum Gasteiger partial charge on any atom is -0.342 e. The fourth-order valence-electron chi connectivity index (χ4n) is 3.51. The number of carbonyl (C=O) groups is 1. The summed E-state index contributed by atoms with van der Waals surface area (Å²) in [5.74, 6) is 1.06. The Hall–Kier alpha value is -2.48. The van der Waals surface area contributed by atoms with E-state index in [0.29, 0.717) is 5.13 Å². The van der Waals surface area contributed by atoms with E-state index in [-0.39, 0.29) is 11.8 Å². The summed E-state index contributed by atoms with van der Waals surface area (Å²) in [4.78, 5) is 19.6. The van der Waals surface area contributed by atoms with Crippen molar-refractivity contribution in [3.05, 3.63) is 29.3 Å². The zero-order chi connectivity index (χ0) is 18.1. The SMILES string of the molecule is CCn1c(N2CCC(C(=O)Nc3nnc(C)s3)CC2)nc2ccccc21. The summed E-state index contributed by atoms with van der Waals surface area (Å²) >= 11 is 1.41. The number of amides is 1. The Bertz CT molecular complexity index is 925. The highest BCUT2D eigenvalue weighted by Crippen LogP contribution is 2.27. The molecule has 0 bridgehead atoms. The van der Waals surface area contributed by atoms with Crippen LogP contribution in [0, 0.1) is 12.8 Å². The molecule has 3 aromatic rings. The Balaban J connectivity index is 1.44. The highest BCUT2D eigenvalue weighted by atomic mass is 32.1. The molecule has 3 heterocycles. The van der Waals surface area contributed by atoms with Crippen LogP contribution in [0.15, 0.2) is 24.3 Å². The number of fused-ring (bicyclic) bond motifs is 1. The Morgan fingerprint density at radius 2 is 2.04 bits per heavy atom. The van der Waals surface area contributed by atoms with Crippen LogP contribution in [0.25, 0.3) is 11.0 Å². The van der Waals surface area contributed by atoms with Crippen molar-refractivity contribution in [2.75, 3.05) is 23.3 Å². The van der Waals surface area contributed by atoms with E-state index in [9.17, 15) is 4.79 Å². The standard InChI is InChI=1S/C18H22N6OS/c1-3-24-15-7-5-4-6-14(15)19-18(24)23-10-8-13(9-11-23)16(25)20-17-22-21-12(2)26-17/h4-7,13H,3,8-11H2,1-2H3,(H,20,22,25). The maximum absolute atomic E-state index is 12.5. The average molecular weight is 370 g/mol. The normalized spacial score (nSPS) is 15.5. The fraction of sp³-hybridized carbons (Fsp3) is 0.444. The van der Waals surface area contributed by atoms with Crippen LogP contribution < -0.4 is 10.2 Å². The van der Waals surface area contributed by atoms with E-state index in [4.69, 9.17) is 4.98 Å². The molecule has 1 aliphatic rings. The lowest BCUT2D eigenvalue weighted by molar-refractivity contribution is -0.120. The zero-order valence-corrected chi connectivity index (χ0v) is 15.8. The highest BCUT2D eigenvalue weighted by molar-refractivity contribution is 7.15. The quantitative estimate of drug-likeness (QED) is 0.764. The van der Waals surface area contributed by atoms with Gasteiger partial charge >= 0.3 is 0 Å². The van der Waals surface area contributed by atoms with E-state index in [1.807, 2.05) is 19.1 Å². The number of anilines is 2. The molecule has 1 amide bonds. The van der Waals surface area contributed by atoms with Crippen LogP contribution in [0.2, 0.25) is 0 Å². The van der Waals surface area contributed by atoms with Gasteiger partial charge in [-0.3, -0.25) is 4.79 Å². The number of hydrogen-bond donors (Lipinski definition) is 1. The van der Waals surface area contributed by atoms with E-state index >= 15 is 0 Å². The number of benzene rings is 1. The summed E-state index contributed by atoms with van der Waals surface area (Å²) in [5, 5.41) is 12.3. The molecule has 1 fully saturated rings. The number of carbonyl (C=O) groups excluding carboxylic acids is 1. The highest BCUT2D eigenvalue weighted by Gasteiger charge is 2.28. The van der Waals surface area contributed by atoms with Gasteiger partial charge in [-0.2, -0.15) is 0 Å². The van der Waals surface area contributed by atoms with Crippen LogP contribution in [0.3, 0.4) is 0 Å². The number of hydrogen-bond acceptors (Lipinski definition) is 6. The van der Waals surface area contributed by atoms with Gasteiger partial charge in [-0.25, -0.2) is 4.98 Å². The molecule has 4 rings (SSSR count). The molecule has 0 aliphatic carbocycles. The Labute approximate surface area is 156 Å². The van der Waals surface area contributed by atoms with Crippen molar-refractivity contribution >= 4 is 39.4 Å². The number of nitrogens with one attached hydrogen (secondary N) is 1. The Morgan fingerprint density at radius 1 is 1.27 bits per heavy atom. The minimum atomic E-state index is 0.00918. The van der Waals surface area contributed by atoms with Crippen LogP contribution in [-0.2, 0) is 11.3 Å². The van der Waals surface area contributed by atoms with Gasteiger partial charge in [0.05, 0.1) is 11.0 Å². The average Bonchev–Trinajstić information content (AvgIpc) is 3.24.